The lowest BCUT2D eigenvalue weighted by molar-refractivity contribution is 0.0942. The SMILES string of the molecule is COc1ccc(OC)c(-c2cc(C(=O)NCc3ccccc3-c3ccc(CN(C)C)cc3)no2)c1. The fraction of sp³-hybridized carbons (Fsp3) is 0.214. The molecule has 0 spiro atoms. The molecule has 0 fully saturated rings. The van der Waals surface area contributed by atoms with Gasteiger partial charge in [0.25, 0.3) is 5.91 Å². The van der Waals surface area contributed by atoms with Crippen LogP contribution in [0, 0.1) is 0 Å². The number of methoxy groups -OCH3 is 2. The number of rotatable bonds is 9. The summed E-state index contributed by atoms with van der Waals surface area (Å²) in [6.45, 7) is 1.25. The van der Waals surface area contributed by atoms with Crippen molar-refractivity contribution in [2.75, 3.05) is 28.3 Å². The number of aromatic nitrogens is 1. The van der Waals surface area contributed by atoms with Gasteiger partial charge < -0.3 is 24.2 Å². The van der Waals surface area contributed by atoms with E-state index < -0.39 is 0 Å². The van der Waals surface area contributed by atoms with E-state index >= 15 is 0 Å². The molecule has 0 aliphatic carbocycles. The second-order valence-corrected chi connectivity index (χ2v) is 8.42. The molecular formula is C28H29N3O4. The van der Waals surface area contributed by atoms with Crippen molar-refractivity contribution in [2.24, 2.45) is 0 Å². The Bertz CT molecular complexity index is 1300. The maximum atomic E-state index is 12.8. The van der Waals surface area contributed by atoms with Crippen LogP contribution in [0.15, 0.2) is 77.3 Å². The zero-order valence-corrected chi connectivity index (χ0v) is 20.4. The summed E-state index contributed by atoms with van der Waals surface area (Å²) in [5.41, 5.74) is 5.28. The van der Waals surface area contributed by atoms with Crippen molar-refractivity contribution < 1.29 is 18.8 Å². The van der Waals surface area contributed by atoms with Gasteiger partial charge in [-0.1, -0.05) is 53.7 Å². The van der Waals surface area contributed by atoms with Gasteiger partial charge in [0.1, 0.15) is 11.5 Å². The molecule has 0 saturated heterocycles. The van der Waals surface area contributed by atoms with Crippen LogP contribution in [0.4, 0.5) is 0 Å². The summed E-state index contributed by atoms with van der Waals surface area (Å²) in [6, 6.07) is 23.5. The van der Waals surface area contributed by atoms with Crippen LogP contribution in [0.5, 0.6) is 11.5 Å². The predicted octanol–water partition coefficient (Wildman–Crippen LogP) is 5.02. The van der Waals surface area contributed by atoms with E-state index in [2.05, 4.69) is 59.8 Å². The number of benzene rings is 3. The lowest BCUT2D eigenvalue weighted by Crippen LogP contribution is -2.23. The van der Waals surface area contributed by atoms with Gasteiger partial charge in [0, 0.05) is 19.2 Å². The van der Waals surface area contributed by atoms with Crippen LogP contribution < -0.4 is 14.8 Å². The number of nitrogens with zero attached hydrogens (tertiary/aromatic N) is 2. The molecule has 1 amide bonds. The summed E-state index contributed by atoms with van der Waals surface area (Å²) in [5, 5.41) is 6.92. The van der Waals surface area contributed by atoms with Crippen molar-refractivity contribution >= 4 is 5.91 Å². The molecule has 0 radical (unpaired) electrons. The highest BCUT2D eigenvalue weighted by Crippen LogP contribution is 2.33. The number of carbonyl (C=O) groups excluding carboxylic acids is 1. The Labute approximate surface area is 205 Å². The molecule has 0 unspecified atom stereocenters. The van der Waals surface area contributed by atoms with Gasteiger partial charge in [0.2, 0.25) is 0 Å². The van der Waals surface area contributed by atoms with Gasteiger partial charge in [-0.15, -0.1) is 0 Å². The molecule has 35 heavy (non-hydrogen) atoms. The minimum absolute atomic E-state index is 0.190. The summed E-state index contributed by atoms with van der Waals surface area (Å²) in [7, 11) is 7.26. The third-order valence-electron chi connectivity index (χ3n) is 5.64. The number of amides is 1. The van der Waals surface area contributed by atoms with E-state index in [4.69, 9.17) is 14.0 Å². The van der Waals surface area contributed by atoms with Crippen LogP contribution >= 0.6 is 0 Å². The fourth-order valence-corrected chi connectivity index (χ4v) is 3.89. The fourth-order valence-electron chi connectivity index (χ4n) is 3.89. The van der Waals surface area contributed by atoms with E-state index in [9.17, 15) is 4.79 Å². The summed E-state index contributed by atoms with van der Waals surface area (Å²) < 4.78 is 16.1. The molecular weight excluding hydrogens is 442 g/mol. The summed E-state index contributed by atoms with van der Waals surface area (Å²) in [6.07, 6.45) is 0. The van der Waals surface area contributed by atoms with E-state index in [0.717, 1.165) is 23.2 Å². The van der Waals surface area contributed by atoms with Gasteiger partial charge in [0.05, 0.1) is 19.8 Å². The Hall–Kier alpha value is -4.10. The maximum Gasteiger partial charge on any atom is 0.273 e. The highest BCUT2D eigenvalue weighted by molar-refractivity contribution is 5.93. The van der Waals surface area contributed by atoms with Crippen molar-refractivity contribution in [1.29, 1.82) is 0 Å². The first-order chi connectivity index (χ1) is 17.0. The normalized spacial score (nSPS) is 10.9. The topological polar surface area (TPSA) is 76.8 Å². The number of hydrogen-bond donors (Lipinski definition) is 1. The molecule has 4 rings (SSSR count). The van der Waals surface area contributed by atoms with Gasteiger partial charge in [-0.05, 0) is 54.5 Å². The van der Waals surface area contributed by atoms with Crippen LogP contribution in [0.25, 0.3) is 22.5 Å². The van der Waals surface area contributed by atoms with Crippen LogP contribution in [0.1, 0.15) is 21.6 Å². The van der Waals surface area contributed by atoms with Crippen LogP contribution in [0.3, 0.4) is 0 Å². The smallest absolute Gasteiger partial charge is 0.273 e. The van der Waals surface area contributed by atoms with Gasteiger partial charge in [-0.3, -0.25) is 4.79 Å². The minimum Gasteiger partial charge on any atom is -0.497 e. The Kier molecular flexibility index (Phi) is 7.48. The summed E-state index contributed by atoms with van der Waals surface area (Å²) >= 11 is 0. The molecule has 180 valence electrons. The number of nitrogens with one attached hydrogen (secondary N) is 1. The highest BCUT2D eigenvalue weighted by Gasteiger charge is 2.17. The van der Waals surface area contributed by atoms with Crippen LogP contribution in [0.2, 0.25) is 0 Å². The van der Waals surface area contributed by atoms with E-state index in [1.54, 1.807) is 38.5 Å². The molecule has 1 aromatic heterocycles. The Morgan fingerprint density at radius 2 is 1.71 bits per heavy atom. The third kappa shape index (κ3) is 5.70. The molecule has 0 aliphatic rings. The summed E-state index contributed by atoms with van der Waals surface area (Å²) in [4.78, 5) is 15.0. The first-order valence-electron chi connectivity index (χ1n) is 11.3. The van der Waals surface area contributed by atoms with E-state index in [-0.39, 0.29) is 11.6 Å². The largest absolute Gasteiger partial charge is 0.497 e. The summed E-state index contributed by atoms with van der Waals surface area (Å²) in [5.74, 6) is 1.34. The van der Waals surface area contributed by atoms with Gasteiger partial charge in [-0.2, -0.15) is 0 Å². The second-order valence-electron chi connectivity index (χ2n) is 8.42. The molecule has 0 atom stereocenters. The predicted molar refractivity (Wildman–Crippen MR) is 135 cm³/mol. The van der Waals surface area contributed by atoms with E-state index in [1.807, 2.05) is 18.2 Å². The van der Waals surface area contributed by atoms with E-state index in [1.165, 1.54) is 5.56 Å². The monoisotopic (exact) mass is 471 g/mol. The molecule has 0 bridgehead atoms. The van der Waals surface area contributed by atoms with Crippen LogP contribution in [-0.2, 0) is 13.1 Å². The average Bonchev–Trinajstić information content (AvgIpc) is 3.37. The molecule has 7 nitrogen and oxygen atoms in total. The van der Waals surface area contributed by atoms with Crippen molar-refractivity contribution in [3.8, 4) is 33.9 Å². The van der Waals surface area contributed by atoms with Gasteiger partial charge in [-0.25, -0.2) is 0 Å². The Balaban J connectivity index is 1.48. The molecule has 4 aromatic rings. The highest BCUT2D eigenvalue weighted by atomic mass is 16.5. The van der Waals surface area contributed by atoms with Crippen molar-refractivity contribution in [3.05, 3.63) is 89.6 Å². The molecule has 3 aromatic carbocycles. The average molecular weight is 472 g/mol. The molecule has 0 aliphatic heterocycles. The zero-order chi connectivity index (χ0) is 24.8. The second kappa shape index (κ2) is 10.9. The van der Waals surface area contributed by atoms with Crippen LogP contribution in [-0.4, -0.2) is 44.3 Å². The number of ether oxygens (including phenoxy) is 2. The molecule has 0 saturated carbocycles. The van der Waals surface area contributed by atoms with Crippen molar-refractivity contribution in [3.63, 3.8) is 0 Å². The van der Waals surface area contributed by atoms with Gasteiger partial charge >= 0.3 is 0 Å². The zero-order valence-electron chi connectivity index (χ0n) is 20.4. The number of hydrogen-bond acceptors (Lipinski definition) is 6. The molecule has 1 heterocycles. The first-order valence-corrected chi connectivity index (χ1v) is 11.3. The number of carbonyl (C=O) groups is 1. The quantitative estimate of drug-likeness (QED) is 0.370. The standard InChI is InChI=1S/C28H29N3O4/c1-31(2)18-19-9-11-20(12-10-19)23-8-6-5-7-21(23)17-29-28(32)25-16-27(35-30-25)24-15-22(33-3)13-14-26(24)34-4/h5-16H,17-18H2,1-4H3,(H,29,32). The van der Waals surface area contributed by atoms with E-state index in [0.29, 0.717) is 29.4 Å². The Morgan fingerprint density at radius 3 is 2.43 bits per heavy atom. The minimum atomic E-state index is -0.321. The molecule has 7 heteroatoms. The van der Waals surface area contributed by atoms with Crippen molar-refractivity contribution in [1.82, 2.24) is 15.4 Å². The lowest BCUT2D eigenvalue weighted by atomic mass is 9.98. The molecule has 1 N–H and O–H groups in total. The van der Waals surface area contributed by atoms with Gasteiger partial charge in [0.15, 0.2) is 11.5 Å². The maximum absolute atomic E-state index is 12.8. The Morgan fingerprint density at radius 1 is 0.943 bits per heavy atom. The first kappa shape index (κ1) is 24.0. The third-order valence-corrected chi connectivity index (χ3v) is 5.64. The van der Waals surface area contributed by atoms with Crippen molar-refractivity contribution in [2.45, 2.75) is 13.1 Å². The lowest BCUT2D eigenvalue weighted by Gasteiger charge is -2.13.